The molecule has 5 nitrogen and oxygen atoms in total. The number of hydrogen-bond donors (Lipinski definition) is 1. The van der Waals surface area contributed by atoms with E-state index in [1.165, 1.54) is 0 Å². The molecule has 0 radical (unpaired) electrons. The second kappa shape index (κ2) is 4.40. The third-order valence-electron chi connectivity index (χ3n) is 3.95. The van der Waals surface area contributed by atoms with Gasteiger partial charge in [-0.2, -0.15) is 0 Å². The Labute approximate surface area is 111 Å². The van der Waals surface area contributed by atoms with Gasteiger partial charge in [0.1, 0.15) is 17.6 Å². The molecule has 1 amide bonds. The largest absolute Gasteiger partial charge is 0.481 e. The molecule has 2 fully saturated rings. The van der Waals surface area contributed by atoms with Gasteiger partial charge < -0.3 is 14.4 Å². The Morgan fingerprint density at radius 1 is 1.37 bits per heavy atom. The Hall–Kier alpha value is -1.78. The Morgan fingerprint density at radius 3 is 2.63 bits per heavy atom. The number of aliphatic carboxylic acids is 1. The summed E-state index contributed by atoms with van der Waals surface area (Å²) in [5.41, 5.74) is 0. The lowest BCUT2D eigenvalue weighted by atomic mass is 9.87. The van der Waals surface area contributed by atoms with Crippen molar-refractivity contribution >= 4 is 11.9 Å². The van der Waals surface area contributed by atoms with Gasteiger partial charge in [-0.15, -0.1) is 0 Å². The average Bonchev–Trinajstić information content (AvgIpc) is 3.10. The molecule has 1 aromatic heterocycles. The van der Waals surface area contributed by atoms with Crippen LogP contribution in [0, 0.1) is 12.8 Å². The zero-order valence-corrected chi connectivity index (χ0v) is 10.8. The molecule has 1 saturated carbocycles. The quantitative estimate of drug-likeness (QED) is 0.906. The fourth-order valence-corrected chi connectivity index (χ4v) is 2.90. The van der Waals surface area contributed by atoms with Crippen molar-refractivity contribution in [3.05, 3.63) is 23.7 Å². The number of amides is 1. The molecule has 19 heavy (non-hydrogen) atoms. The number of nitrogens with zero attached hydrogens (tertiary/aromatic N) is 1. The van der Waals surface area contributed by atoms with Crippen LogP contribution in [0.25, 0.3) is 0 Å². The summed E-state index contributed by atoms with van der Waals surface area (Å²) >= 11 is 0. The van der Waals surface area contributed by atoms with E-state index in [0.717, 1.165) is 18.6 Å². The summed E-state index contributed by atoms with van der Waals surface area (Å²) < 4.78 is 5.60. The molecule has 102 valence electrons. The van der Waals surface area contributed by atoms with Gasteiger partial charge in [0.05, 0.1) is 5.92 Å². The minimum atomic E-state index is -0.850. The number of piperidine rings is 1. The van der Waals surface area contributed by atoms with Gasteiger partial charge in [0.25, 0.3) is 0 Å². The van der Waals surface area contributed by atoms with Crippen LogP contribution in [0.2, 0.25) is 0 Å². The molecule has 0 bridgehead atoms. The van der Waals surface area contributed by atoms with E-state index in [9.17, 15) is 14.7 Å². The van der Waals surface area contributed by atoms with Crippen LogP contribution in [-0.2, 0) is 9.59 Å². The van der Waals surface area contributed by atoms with E-state index in [4.69, 9.17) is 4.42 Å². The first-order valence-corrected chi connectivity index (χ1v) is 6.68. The van der Waals surface area contributed by atoms with Crippen molar-refractivity contribution in [2.75, 3.05) is 0 Å². The van der Waals surface area contributed by atoms with E-state index in [1.807, 2.05) is 13.0 Å². The van der Waals surface area contributed by atoms with Crippen molar-refractivity contribution in [2.24, 2.45) is 5.92 Å². The summed E-state index contributed by atoms with van der Waals surface area (Å²) in [7, 11) is 0. The molecule has 0 spiro atoms. The standard InChI is InChI=1S/C14H17NO4/c1-8-2-6-11(19-8)13-10(14(17)18)5-7-12(16)15(13)9-3-4-9/h2,6,9-10,13H,3-5,7H2,1H3,(H,17,18). The molecule has 2 aliphatic rings. The summed E-state index contributed by atoms with van der Waals surface area (Å²) in [6.45, 7) is 1.82. The Balaban J connectivity index is 1.99. The first-order chi connectivity index (χ1) is 9.08. The molecule has 1 aromatic rings. The second-order valence-electron chi connectivity index (χ2n) is 5.41. The van der Waals surface area contributed by atoms with Crippen molar-refractivity contribution in [1.29, 1.82) is 0 Å². The van der Waals surface area contributed by atoms with Crippen LogP contribution in [0.1, 0.15) is 43.2 Å². The Kier molecular flexibility index (Phi) is 2.84. The number of carboxylic acid groups (broad SMARTS) is 1. The number of aryl methyl sites for hydroxylation is 1. The van der Waals surface area contributed by atoms with E-state index >= 15 is 0 Å². The summed E-state index contributed by atoms with van der Waals surface area (Å²) in [6, 6.07) is 3.37. The van der Waals surface area contributed by atoms with Crippen LogP contribution in [0.5, 0.6) is 0 Å². The number of rotatable bonds is 3. The van der Waals surface area contributed by atoms with Crippen LogP contribution in [0.4, 0.5) is 0 Å². The molecule has 2 unspecified atom stereocenters. The predicted octanol–water partition coefficient (Wildman–Crippen LogP) is 2.11. The van der Waals surface area contributed by atoms with Crippen molar-refractivity contribution in [3.8, 4) is 0 Å². The maximum Gasteiger partial charge on any atom is 0.309 e. The van der Waals surface area contributed by atoms with Crippen LogP contribution in [-0.4, -0.2) is 27.9 Å². The minimum Gasteiger partial charge on any atom is -0.481 e. The molecular weight excluding hydrogens is 246 g/mol. The highest BCUT2D eigenvalue weighted by Crippen LogP contribution is 2.43. The van der Waals surface area contributed by atoms with Crippen molar-refractivity contribution in [3.63, 3.8) is 0 Å². The SMILES string of the molecule is Cc1ccc(C2C(C(=O)O)CCC(=O)N2C2CC2)o1. The van der Waals surface area contributed by atoms with Gasteiger partial charge in [-0.3, -0.25) is 9.59 Å². The first-order valence-electron chi connectivity index (χ1n) is 6.68. The van der Waals surface area contributed by atoms with Gasteiger partial charge in [0.2, 0.25) is 5.91 Å². The fourth-order valence-electron chi connectivity index (χ4n) is 2.90. The van der Waals surface area contributed by atoms with Crippen molar-refractivity contribution in [2.45, 2.75) is 44.7 Å². The van der Waals surface area contributed by atoms with Gasteiger partial charge in [-0.05, 0) is 38.3 Å². The lowest BCUT2D eigenvalue weighted by Crippen LogP contribution is -2.46. The van der Waals surface area contributed by atoms with Crippen molar-refractivity contribution in [1.82, 2.24) is 4.90 Å². The Morgan fingerprint density at radius 2 is 2.11 bits per heavy atom. The van der Waals surface area contributed by atoms with Gasteiger partial charge in [-0.1, -0.05) is 0 Å². The van der Waals surface area contributed by atoms with Gasteiger partial charge >= 0.3 is 5.97 Å². The molecule has 1 aliphatic carbocycles. The zero-order chi connectivity index (χ0) is 13.6. The van der Waals surface area contributed by atoms with Gasteiger partial charge in [-0.25, -0.2) is 0 Å². The summed E-state index contributed by atoms with van der Waals surface area (Å²) in [4.78, 5) is 25.3. The third kappa shape index (κ3) is 2.13. The van der Waals surface area contributed by atoms with Crippen molar-refractivity contribution < 1.29 is 19.1 Å². The average molecular weight is 263 g/mol. The smallest absolute Gasteiger partial charge is 0.309 e. The number of carboxylic acids is 1. The number of carbonyl (C=O) groups is 2. The lowest BCUT2D eigenvalue weighted by molar-refractivity contribution is -0.153. The third-order valence-corrected chi connectivity index (χ3v) is 3.95. The lowest BCUT2D eigenvalue weighted by Gasteiger charge is -2.38. The number of furan rings is 1. The first kappa shape index (κ1) is 12.3. The highest BCUT2D eigenvalue weighted by Gasteiger charge is 2.47. The molecular formula is C14H17NO4. The number of likely N-dealkylation sites (tertiary alicyclic amines) is 1. The maximum atomic E-state index is 12.1. The molecule has 2 atom stereocenters. The van der Waals surface area contributed by atoms with E-state index in [1.54, 1.807) is 11.0 Å². The van der Waals surface area contributed by atoms with Crippen LogP contribution >= 0.6 is 0 Å². The topological polar surface area (TPSA) is 70.8 Å². The van der Waals surface area contributed by atoms with Crippen LogP contribution < -0.4 is 0 Å². The predicted molar refractivity (Wildman–Crippen MR) is 66.4 cm³/mol. The highest BCUT2D eigenvalue weighted by atomic mass is 16.4. The van der Waals surface area contributed by atoms with E-state index < -0.39 is 17.9 Å². The van der Waals surface area contributed by atoms with E-state index in [0.29, 0.717) is 18.6 Å². The summed E-state index contributed by atoms with van der Waals surface area (Å²) in [5.74, 6) is -0.0159. The molecule has 1 saturated heterocycles. The summed E-state index contributed by atoms with van der Waals surface area (Å²) in [5, 5.41) is 9.40. The molecule has 3 rings (SSSR count). The highest BCUT2D eigenvalue weighted by molar-refractivity contribution is 5.82. The molecule has 1 N–H and O–H groups in total. The fraction of sp³-hybridized carbons (Fsp3) is 0.571. The minimum absolute atomic E-state index is 0.0547. The molecule has 0 aromatic carbocycles. The molecule has 2 heterocycles. The monoisotopic (exact) mass is 263 g/mol. The Bertz CT molecular complexity index is 517. The molecule has 1 aliphatic heterocycles. The maximum absolute atomic E-state index is 12.1. The van der Waals surface area contributed by atoms with Gasteiger partial charge in [0.15, 0.2) is 0 Å². The second-order valence-corrected chi connectivity index (χ2v) is 5.41. The van der Waals surface area contributed by atoms with Gasteiger partial charge in [0, 0.05) is 12.5 Å². The van der Waals surface area contributed by atoms with E-state index in [-0.39, 0.29) is 11.9 Å². The number of carbonyl (C=O) groups excluding carboxylic acids is 1. The normalized spacial score (nSPS) is 27.6. The zero-order valence-electron chi connectivity index (χ0n) is 10.8. The van der Waals surface area contributed by atoms with E-state index in [2.05, 4.69) is 0 Å². The summed E-state index contributed by atoms with van der Waals surface area (Å²) in [6.07, 6.45) is 2.65. The van der Waals surface area contributed by atoms with Crippen LogP contribution in [0.3, 0.4) is 0 Å². The van der Waals surface area contributed by atoms with Crippen LogP contribution in [0.15, 0.2) is 16.5 Å². The number of hydrogen-bond acceptors (Lipinski definition) is 3. The molecule has 5 heteroatoms.